The van der Waals surface area contributed by atoms with Crippen molar-refractivity contribution in [1.82, 2.24) is 16.0 Å². The Morgan fingerprint density at radius 3 is 1.70 bits per heavy atom. The molecule has 0 aromatic rings. The lowest BCUT2D eigenvalue weighted by atomic mass is 10.1. The molecule has 0 radical (unpaired) electrons. The molecule has 0 saturated carbocycles. The molecule has 14 nitrogen and oxygen atoms in total. The van der Waals surface area contributed by atoms with Crippen LogP contribution in [0.4, 0.5) is 0 Å². The molecule has 4 unspecified atom stereocenters. The topological polar surface area (TPSA) is 245 Å². The molecule has 0 aliphatic carbocycles. The lowest BCUT2D eigenvalue weighted by Crippen LogP contribution is -2.57. The molecular weight excluding hydrogens is 408 g/mol. The summed E-state index contributed by atoms with van der Waals surface area (Å²) in [4.78, 5) is 68.6. The summed E-state index contributed by atoms with van der Waals surface area (Å²) in [6.45, 7) is 0.256. The maximum atomic E-state index is 12.4. The van der Waals surface area contributed by atoms with Gasteiger partial charge in [-0.3, -0.25) is 28.8 Å². The van der Waals surface area contributed by atoms with Gasteiger partial charge in [0.1, 0.15) is 18.1 Å². The number of rotatable bonds is 14. The van der Waals surface area contributed by atoms with Crippen molar-refractivity contribution in [3.63, 3.8) is 0 Å². The first kappa shape index (κ1) is 26.7. The van der Waals surface area contributed by atoms with E-state index >= 15 is 0 Å². The van der Waals surface area contributed by atoms with Gasteiger partial charge in [0.15, 0.2) is 0 Å². The minimum Gasteiger partial charge on any atom is -0.481 e. The summed E-state index contributed by atoms with van der Waals surface area (Å²) in [5.74, 6) is -6.76. The molecule has 0 aromatic carbocycles. The van der Waals surface area contributed by atoms with Crippen LogP contribution in [0.1, 0.15) is 32.6 Å². The maximum Gasteiger partial charge on any atom is 0.325 e. The van der Waals surface area contributed by atoms with Crippen LogP contribution in [0.25, 0.3) is 0 Å². The van der Waals surface area contributed by atoms with E-state index in [-0.39, 0.29) is 12.8 Å². The monoisotopic (exact) mass is 434 g/mol. The number of hydrogen-bond donors (Lipinski definition) is 8. The van der Waals surface area contributed by atoms with Crippen molar-refractivity contribution >= 4 is 35.6 Å². The van der Waals surface area contributed by atoms with Gasteiger partial charge in [0.25, 0.3) is 0 Å². The van der Waals surface area contributed by atoms with Crippen molar-refractivity contribution in [1.29, 1.82) is 0 Å². The molecule has 0 saturated heterocycles. The van der Waals surface area contributed by atoms with Gasteiger partial charge in [-0.25, -0.2) is 0 Å². The van der Waals surface area contributed by atoms with Gasteiger partial charge in [0.05, 0.1) is 12.6 Å². The smallest absolute Gasteiger partial charge is 0.325 e. The van der Waals surface area contributed by atoms with Crippen LogP contribution in [0.2, 0.25) is 0 Å². The first-order valence-corrected chi connectivity index (χ1v) is 8.83. The van der Waals surface area contributed by atoms with E-state index < -0.39 is 79.2 Å². The second kappa shape index (κ2) is 13.1. The Morgan fingerprint density at radius 1 is 0.767 bits per heavy atom. The zero-order valence-corrected chi connectivity index (χ0v) is 16.2. The van der Waals surface area contributed by atoms with E-state index in [2.05, 4.69) is 10.6 Å². The highest BCUT2D eigenvalue weighted by Gasteiger charge is 2.29. The van der Waals surface area contributed by atoms with E-state index in [0.29, 0.717) is 0 Å². The van der Waals surface area contributed by atoms with E-state index in [0.717, 1.165) is 6.92 Å². The molecular formula is C16H26N4O10. The molecule has 0 aliphatic rings. The van der Waals surface area contributed by atoms with Crippen LogP contribution in [-0.4, -0.2) is 86.8 Å². The Bertz CT molecular complexity index is 668. The van der Waals surface area contributed by atoms with Crippen molar-refractivity contribution in [3.8, 4) is 0 Å². The van der Waals surface area contributed by atoms with Gasteiger partial charge in [0, 0.05) is 12.8 Å². The minimum absolute atomic E-state index is 0.233. The van der Waals surface area contributed by atoms with Gasteiger partial charge in [-0.05, 0) is 19.8 Å². The van der Waals surface area contributed by atoms with Crippen molar-refractivity contribution in [2.45, 2.75) is 56.8 Å². The number of carboxylic acid groups (broad SMARTS) is 3. The number of nitrogens with two attached hydrogens (primary N) is 1. The zero-order valence-electron chi connectivity index (χ0n) is 16.2. The number of aliphatic carboxylic acids is 3. The zero-order chi connectivity index (χ0) is 23.4. The molecule has 0 aromatic heterocycles. The second-order valence-corrected chi connectivity index (χ2v) is 6.34. The SMILES string of the molecule is CC(NC(=O)C(CO)NC(=O)C(CCC(=O)O)NC(=O)C(N)CCC(=O)O)C(=O)O. The van der Waals surface area contributed by atoms with E-state index in [4.69, 9.17) is 21.1 Å². The normalized spacial score (nSPS) is 14.5. The summed E-state index contributed by atoms with van der Waals surface area (Å²) in [6, 6.07) is -5.61. The van der Waals surface area contributed by atoms with E-state index in [9.17, 15) is 33.9 Å². The molecule has 0 rings (SSSR count). The first-order valence-electron chi connectivity index (χ1n) is 8.83. The average Bonchev–Trinajstić information content (AvgIpc) is 2.66. The third-order valence-corrected chi connectivity index (χ3v) is 3.83. The van der Waals surface area contributed by atoms with E-state index in [1.54, 1.807) is 0 Å². The molecule has 30 heavy (non-hydrogen) atoms. The number of aliphatic hydroxyl groups excluding tert-OH is 1. The molecule has 0 aliphatic heterocycles. The highest BCUT2D eigenvalue weighted by atomic mass is 16.4. The van der Waals surface area contributed by atoms with Crippen LogP contribution < -0.4 is 21.7 Å². The molecule has 0 fully saturated rings. The molecule has 0 heterocycles. The van der Waals surface area contributed by atoms with Gasteiger partial charge in [-0.2, -0.15) is 0 Å². The number of nitrogens with one attached hydrogen (secondary N) is 3. The van der Waals surface area contributed by atoms with Crippen LogP contribution in [-0.2, 0) is 28.8 Å². The summed E-state index contributed by atoms with van der Waals surface area (Å²) in [5.41, 5.74) is 5.55. The summed E-state index contributed by atoms with van der Waals surface area (Å²) in [6.07, 6.45) is -1.56. The molecule has 4 atom stereocenters. The van der Waals surface area contributed by atoms with Gasteiger partial charge in [-0.1, -0.05) is 0 Å². The largest absolute Gasteiger partial charge is 0.481 e. The predicted molar refractivity (Wildman–Crippen MR) is 97.9 cm³/mol. The van der Waals surface area contributed by atoms with Crippen molar-refractivity contribution < 1.29 is 49.2 Å². The van der Waals surface area contributed by atoms with Crippen LogP contribution >= 0.6 is 0 Å². The standard InChI is InChI=1S/C16H26N4O10/c1-7(16(29)30)18-15(28)10(6-21)20-14(27)9(3-5-12(24)25)19-13(26)8(17)2-4-11(22)23/h7-10,21H,2-6,17H2,1H3,(H,18,28)(H,19,26)(H,20,27)(H,22,23)(H,24,25)(H,29,30). The van der Waals surface area contributed by atoms with Crippen LogP contribution in [0.15, 0.2) is 0 Å². The van der Waals surface area contributed by atoms with Crippen molar-refractivity contribution in [2.24, 2.45) is 5.73 Å². The number of hydrogen-bond acceptors (Lipinski definition) is 8. The Hall–Kier alpha value is -3.26. The highest BCUT2D eigenvalue weighted by Crippen LogP contribution is 2.02. The summed E-state index contributed by atoms with van der Waals surface area (Å²) in [5, 5.41) is 41.8. The number of amides is 3. The molecule has 0 bridgehead atoms. The molecule has 14 heteroatoms. The van der Waals surface area contributed by atoms with E-state index in [1.165, 1.54) is 0 Å². The molecule has 3 amide bonds. The highest BCUT2D eigenvalue weighted by molar-refractivity contribution is 5.94. The average molecular weight is 434 g/mol. The van der Waals surface area contributed by atoms with Crippen LogP contribution in [0.3, 0.4) is 0 Å². The van der Waals surface area contributed by atoms with Crippen LogP contribution in [0.5, 0.6) is 0 Å². The van der Waals surface area contributed by atoms with Crippen LogP contribution in [0, 0.1) is 0 Å². The van der Waals surface area contributed by atoms with Gasteiger partial charge in [-0.15, -0.1) is 0 Å². The summed E-state index contributed by atoms with van der Waals surface area (Å²) < 4.78 is 0. The number of carbonyl (C=O) groups is 6. The Labute approximate surface area is 170 Å². The Morgan fingerprint density at radius 2 is 1.23 bits per heavy atom. The van der Waals surface area contributed by atoms with Crippen molar-refractivity contribution in [3.05, 3.63) is 0 Å². The van der Waals surface area contributed by atoms with Gasteiger partial charge >= 0.3 is 17.9 Å². The number of aliphatic hydroxyl groups is 1. The second-order valence-electron chi connectivity index (χ2n) is 6.34. The number of carbonyl (C=O) groups excluding carboxylic acids is 3. The predicted octanol–water partition coefficient (Wildman–Crippen LogP) is -3.41. The summed E-state index contributed by atoms with van der Waals surface area (Å²) in [7, 11) is 0. The first-order chi connectivity index (χ1) is 13.9. The van der Waals surface area contributed by atoms with Crippen molar-refractivity contribution in [2.75, 3.05) is 6.61 Å². The fourth-order valence-corrected chi connectivity index (χ4v) is 2.07. The minimum atomic E-state index is -1.57. The fourth-order valence-electron chi connectivity index (χ4n) is 2.07. The maximum absolute atomic E-state index is 12.4. The lowest BCUT2D eigenvalue weighted by Gasteiger charge is -2.23. The molecule has 9 N–H and O–H groups in total. The lowest BCUT2D eigenvalue weighted by molar-refractivity contribution is -0.142. The summed E-state index contributed by atoms with van der Waals surface area (Å²) >= 11 is 0. The van der Waals surface area contributed by atoms with Gasteiger partial charge < -0.3 is 42.1 Å². The quantitative estimate of drug-likeness (QED) is 0.134. The molecule has 170 valence electrons. The Kier molecular flexibility index (Phi) is 11.6. The van der Waals surface area contributed by atoms with E-state index in [1.807, 2.05) is 5.32 Å². The number of carboxylic acids is 3. The fraction of sp³-hybridized carbons (Fsp3) is 0.625. The third-order valence-electron chi connectivity index (χ3n) is 3.83. The van der Waals surface area contributed by atoms with Gasteiger partial charge in [0.2, 0.25) is 17.7 Å². The third kappa shape index (κ3) is 10.3. The molecule has 0 spiro atoms. The Balaban J connectivity index is 5.16.